The maximum atomic E-state index is 13.0. The number of benzene rings is 1. The second-order valence-electron chi connectivity index (χ2n) is 2.62. The molecular weight excluding hydrogens is 157 g/mol. The summed E-state index contributed by atoms with van der Waals surface area (Å²) in [7, 11) is 1.55. The Labute approximate surface area is 71.1 Å². The van der Waals surface area contributed by atoms with Gasteiger partial charge in [0, 0.05) is 12.1 Å². The predicted octanol–water partition coefficient (Wildman–Crippen LogP) is 1.60. The van der Waals surface area contributed by atoms with E-state index in [0.29, 0.717) is 23.4 Å². The maximum absolute atomic E-state index is 13.0. The van der Waals surface area contributed by atoms with Crippen LogP contribution in [-0.4, -0.2) is 7.11 Å². The van der Waals surface area contributed by atoms with Crippen molar-refractivity contribution in [2.45, 2.75) is 13.5 Å². The molecule has 12 heavy (non-hydrogen) atoms. The second kappa shape index (κ2) is 3.54. The normalized spacial score (nSPS) is 10.0. The molecule has 1 aromatic rings. The summed E-state index contributed by atoms with van der Waals surface area (Å²) in [6.07, 6.45) is 0. The molecule has 66 valence electrons. The van der Waals surface area contributed by atoms with Gasteiger partial charge in [0.15, 0.2) is 0 Å². The first-order valence-electron chi connectivity index (χ1n) is 3.72. The first kappa shape index (κ1) is 9.00. The molecule has 3 heteroatoms. The van der Waals surface area contributed by atoms with Crippen molar-refractivity contribution in [1.29, 1.82) is 0 Å². The maximum Gasteiger partial charge on any atom is 0.126 e. The lowest BCUT2D eigenvalue weighted by molar-refractivity contribution is 0.408. The number of hydrogen-bond acceptors (Lipinski definition) is 2. The smallest absolute Gasteiger partial charge is 0.126 e. The van der Waals surface area contributed by atoms with Crippen LogP contribution in [0.2, 0.25) is 0 Å². The highest BCUT2D eigenvalue weighted by Crippen LogP contribution is 2.21. The summed E-state index contributed by atoms with van der Waals surface area (Å²) in [5, 5.41) is 0. The van der Waals surface area contributed by atoms with Crippen LogP contribution in [0.1, 0.15) is 11.1 Å². The van der Waals surface area contributed by atoms with Crippen molar-refractivity contribution >= 4 is 0 Å². The monoisotopic (exact) mass is 169 g/mol. The van der Waals surface area contributed by atoms with Crippen LogP contribution in [0.3, 0.4) is 0 Å². The van der Waals surface area contributed by atoms with Crippen molar-refractivity contribution in [2.24, 2.45) is 5.73 Å². The molecule has 2 N–H and O–H groups in total. The fourth-order valence-corrected chi connectivity index (χ4v) is 1.05. The van der Waals surface area contributed by atoms with Gasteiger partial charge in [0.2, 0.25) is 0 Å². The first-order chi connectivity index (χ1) is 5.69. The molecule has 1 rings (SSSR count). The van der Waals surface area contributed by atoms with Gasteiger partial charge in [-0.25, -0.2) is 4.39 Å². The Hall–Kier alpha value is -1.09. The third-order valence-corrected chi connectivity index (χ3v) is 1.78. The molecular formula is C9H12FNO. The van der Waals surface area contributed by atoms with E-state index in [0.717, 1.165) is 0 Å². The molecule has 0 unspecified atom stereocenters. The van der Waals surface area contributed by atoms with Crippen LogP contribution in [0, 0.1) is 12.7 Å². The Morgan fingerprint density at radius 3 is 2.67 bits per heavy atom. The Balaban J connectivity index is 3.19. The number of aryl methyl sites for hydroxylation is 1. The number of halogens is 1. The van der Waals surface area contributed by atoms with Crippen molar-refractivity contribution in [3.8, 4) is 5.75 Å². The van der Waals surface area contributed by atoms with E-state index in [9.17, 15) is 4.39 Å². The van der Waals surface area contributed by atoms with Crippen molar-refractivity contribution in [3.05, 3.63) is 29.1 Å². The second-order valence-corrected chi connectivity index (χ2v) is 2.62. The van der Waals surface area contributed by atoms with Gasteiger partial charge in [0.25, 0.3) is 0 Å². The number of nitrogens with two attached hydrogens (primary N) is 1. The quantitative estimate of drug-likeness (QED) is 0.729. The molecule has 0 heterocycles. The molecule has 0 radical (unpaired) electrons. The van der Waals surface area contributed by atoms with Crippen molar-refractivity contribution in [2.75, 3.05) is 7.11 Å². The molecule has 2 nitrogen and oxygen atoms in total. The topological polar surface area (TPSA) is 35.2 Å². The molecule has 0 saturated heterocycles. The third kappa shape index (κ3) is 1.56. The first-order valence-corrected chi connectivity index (χ1v) is 3.72. The highest BCUT2D eigenvalue weighted by atomic mass is 19.1. The van der Waals surface area contributed by atoms with E-state index in [1.807, 2.05) is 0 Å². The molecule has 0 saturated carbocycles. The zero-order chi connectivity index (χ0) is 9.14. The lowest BCUT2D eigenvalue weighted by Gasteiger charge is -2.07. The predicted molar refractivity (Wildman–Crippen MR) is 45.6 cm³/mol. The van der Waals surface area contributed by atoms with Gasteiger partial charge in [-0.05, 0) is 24.6 Å². The fraction of sp³-hybridized carbons (Fsp3) is 0.333. The molecule has 0 aromatic heterocycles. The van der Waals surface area contributed by atoms with Gasteiger partial charge in [0.1, 0.15) is 11.6 Å². The Kier molecular flexibility index (Phi) is 2.65. The van der Waals surface area contributed by atoms with E-state index in [4.69, 9.17) is 10.5 Å². The number of methoxy groups -OCH3 is 1. The van der Waals surface area contributed by atoms with Crippen LogP contribution >= 0.6 is 0 Å². The Morgan fingerprint density at radius 1 is 1.50 bits per heavy atom. The lowest BCUT2D eigenvalue weighted by Crippen LogP contribution is -2.01. The molecule has 0 aliphatic rings. The molecule has 0 aliphatic heterocycles. The molecule has 0 spiro atoms. The van der Waals surface area contributed by atoms with Crippen molar-refractivity contribution in [1.82, 2.24) is 0 Å². The lowest BCUT2D eigenvalue weighted by atomic mass is 10.1. The number of hydrogen-bond donors (Lipinski definition) is 1. The van der Waals surface area contributed by atoms with E-state index in [-0.39, 0.29) is 5.82 Å². The van der Waals surface area contributed by atoms with Gasteiger partial charge < -0.3 is 10.5 Å². The van der Waals surface area contributed by atoms with Crippen LogP contribution < -0.4 is 10.5 Å². The summed E-state index contributed by atoms with van der Waals surface area (Å²) in [6.45, 7) is 1.98. The van der Waals surface area contributed by atoms with Gasteiger partial charge in [-0.1, -0.05) is 0 Å². The highest BCUT2D eigenvalue weighted by molar-refractivity contribution is 5.37. The summed E-state index contributed by atoms with van der Waals surface area (Å²) >= 11 is 0. The molecule has 0 amide bonds. The van der Waals surface area contributed by atoms with E-state index >= 15 is 0 Å². The summed E-state index contributed by atoms with van der Waals surface area (Å²) in [5.41, 5.74) is 6.67. The summed E-state index contributed by atoms with van der Waals surface area (Å²) in [4.78, 5) is 0. The standard InChI is InChI=1S/C9H12FNO/c1-6-3-9(12-2)7(5-11)4-8(6)10/h3-4H,5,11H2,1-2H3. The summed E-state index contributed by atoms with van der Waals surface area (Å²) in [5.74, 6) is 0.410. The fourth-order valence-electron chi connectivity index (χ4n) is 1.05. The zero-order valence-electron chi connectivity index (χ0n) is 7.23. The molecule has 0 fully saturated rings. The van der Waals surface area contributed by atoms with Gasteiger partial charge in [0.05, 0.1) is 7.11 Å². The van der Waals surface area contributed by atoms with Gasteiger partial charge in [-0.2, -0.15) is 0 Å². The minimum atomic E-state index is -0.240. The van der Waals surface area contributed by atoms with E-state index < -0.39 is 0 Å². The zero-order valence-corrected chi connectivity index (χ0v) is 7.23. The highest BCUT2D eigenvalue weighted by Gasteiger charge is 2.05. The number of rotatable bonds is 2. The largest absolute Gasteiger partial charge is 0.496 e. The van der Waals surface area contributed by atoms with Gasteiger partial charge >= 0.3 is 0 Å². The van der Waals surface area contributed by atoms with Crippen molar-refractivity contribution in [3.63, 3.8) is 0 Å². The van der Waals surface area contributed by atoms with Crippen LogP contribution in [-0.2, 0) is 6.54 Å². The van der Waals surface area contributed by atoms with Crippen LogP contribution in [0.25, 0.3) is 0 Å². The third-order valence-electron chi connectivity index (χ3n) is 1.78. The molecule has 1 aromatic carbocycles. The average Bonchev–Trinajstić information content (AvgIpc) is 2.09. The van der Waals surface area contributed by atoms with Crippen LogP contribution in [0.4, 0.5) is 4.39 Å². The van der Waals surface area contributed by atoms with Gasteiger partial charge in [-0.15, -0.1) is 0 Å². The molecule has 0 bridgehead atoms. The number of ether oxygens (including phenoxy) is 1. The van der Waals surface area contributed by atoms with E-state index in [1.165, 1.54) is 6.07 Å². The molecule has 0 atom stereocenters. The Bertz CT molecular complexity index is 257. The minimum Gasteiger partial charge on any atom is -0.496 e. The van der Waals surface area contributed by atoms with E-state index in [1.54, 1.807) is 20.1 Å². The average molecular weight is 169 g/mol. The SMILES string of the molecule is COc1cc(C)c(F)cc1CN. The minimum absolute atomic E-state index is 0.240. The van der Waals surface area contributed by atoms with Crippen LogP contribution in [0.5, 0.6) is 5.75 Å². The van der Waals surface area contributed by atoms with Crippen molar-refractivity contribution < 1.29 is 9.13 Å². The van der Waals surface area contributed by atoms with Gasteiger partial charge in [-0.3, -0.25) is 0 Å². The van der Waals surface area contributed by atoms with E-state index in [2.05, 4.69) is 0 Å². The van der Waals surface area contributed by atoms with Crippen LogP contribution in [0.15, 0.2) is 12.1 Å². The summed E-state index contributed by atoms with van der Waals surface area (Å²) < 4.78 is 18.0. The molecule has 0 aliphatic carbocycles. The summed E-state index contributed by atoms with van der Waals surface area (Å²) in [6, 6.07) is 3.06. The Morgan fingerprint density at radius 2 is 2.17 bits per heavy atom.